The largest absolute Gasteiger partial charge is 0.434 e. The van der Waals surface area contributed by atoms with Gasteiger partial charge in [0.1, 0.15) is 6.04 Å². The average Bonchev–Trinajstić information content (AvgIpc) is 3.39. The fourth-order valence-electron chi connectivity index (χ4n) is 4.44. The molecule has 0 spiro atoms. The van der Waals surface area contributed by atoms with Crippen molar-refractivity contribution in [2.75, 3.05) is 0 Å². The molecule has 2 aromatic carbocycles. The highest BCUT2D eigenvalue weighted by Crippen LogP contribution is 2.38. The molecule has 0 radical (unpaired) electrons. The van der Waals surface area contributed by atoms with Gasteiger partial charge in [-0.1, -0.05) is 36.7 Å². The van der Waals surface area contributed by atoms with Gasteiger partial charge in [0.15, 0.2) is 0 Å². The molecule has 0 saturated carbocycles. The Labute approximate surface area is 197 Å². The number of aryl methyl sites for hydroxylation is 1. The number of hydrogen-bond acceptors (Lipinski definition) is 6. The van der Waals surface area contributed by atoms with Crippen molar-refractivity contribution in [1.29, 1.82) is 0 Å². The first-order valence-electron chi connectivity index (χ1n) is 10.7. The molecule has 3 aromatic rings. The Bertz CT molecular complexity index is 1340. The van der Waals surface area contributed by atoms with Crippen LogP contribution in [-0.2, 0) is 28.5 Å². The molecule has 0 aliphatic heterocycles. The summed E-state index contributed by atoms with van der Waals surface area (Å²) in [5.74, 6) is -1.23. The van der Waals surface area contributed by atoms with Gasteiger partial charge in [0.05, 0.1) is 10.5 Å². The van der Waals surface area contributed by atoms with Gasteiger partial charge in [-0.25, -0.2) is 18.3 Å². The number of halogens is 1. The summed E-state index contributed by atoms with van der Waals surface area (Å²) in [7, 11) is -4.18. The topological polar surface area (TPSA) is 125 Å². The minimum absolute atomic E-state index is 0.0644. The molecule has 0 saturated heterocycles. The first kappa shape index (κ1) is 23.7. The molecule has 8 nitrogen and oxygen atoms in total. The van der Waals surface area contributed by atoms with Gasteiger partial charge < -0.3 is 9.52 Å². The number of aromatic amines is 1. The van der Waals surface area contributed by atoms with Crippen LogP contribution in [-0.4, -0.2) is 23.7 Å². The summed E-state index contributed by atoms with van der Waals surface area (Å²) in [4.78, 5) is 11.6. The summed E-state index contributed by atoms with van der Waals surface area (Å²) in [6.45, 7) is 4.84. The van der Waals surface area contributed by atoms with Gasteiger partial charge in [-0.3, -0.25) is 0 Å². The van der Waals surface area contributed by atoms with E-state index in [9.17, 15) is 18.3 Å². The first-order chi connectivity index (χ1) is 15.5. The van der Waals surface area contributed by atoms with Crippen molar-refractivity contribution < 1.29 is 17.9 Å². The van der Waals surface area contributed by atoms with Crippen molar-refractivity contribution in [3.05, 3.63) is 80.1 Å². The summed E-state index contributed by atoms with van der Waals surface area (Å²) in [6, 6.07) is 9.25. The maximum absolute atomic E-state index is 13.5. The lowest BCUT2D eigenvalue weighted by atomic mass is 9.88. The minimum atomic E-state index is -4.18. The normalized spacial score (nSPS) is 15.9. The molecule has 1 aromatic heterocycles. The van der Waals surface area contributed by atoms with Crippen LogP contribution in [0.1, 0.15) is 67.3 Å². The zero-order valence-electron chi connectivity index (χ0n) is 18.6. The van der Waals surface area contributed by atoms with Crippen molar-refractivity contribution in [2.24, 2.45) is 0 Å². The third-order valence-corrected chi connectivity index (χ3v) is 7.80. The van der Waals surface area contributed by atoms with E-state index in [1.165, 1.54) is 43.2 Å². The number of nitrogens with zero attached hydrogens (tertiary/aromatic N) is 1. The first-order valence-corrected chi connectivity index (χ1v) is 12.5. The minimum Gasteiger partial charge on any atom is -0.391 e. The highest BCUT2D eigenvalue weighted by molar-refractivity contribution is 7.89. The molecule has 33 heavy (non-hydrogen) atoms. The Morgan fingerprint density at radius 3 is 2.67 bits per heavy atom. The number of aromatic nitrogens is 2. The van der Waals surface area contributed by atoms with Gasteiger partial charge in [0.2, 0.25) is 15.9 Å². The molecule has 2 atom stereocenters. The van der Waals surface area contributed by atoms with Crippen LogP contribution >= 0.6 is 11.6 Å². The van der Waals surface area contributed by atoms with Gasteiger partial charge in [-0.2, -0.15) is 4.72 Å². The molecule has 1 aliphatic carbocycles. The second-order valence-corrected chi connectivity index (χ2v) is 11.0. The predicted octanol–water partition coefficient (Wildman–Crippen LogP) is 3.56. The highest BCUT2D eigenvalue weighted by Gasteiger charge is 2.35. The Kier molecular flexibility index (Phi) is 6.26. The fraction of sp³-hybridized carbons (Fsp3) is 0.391. The van der Waals surface area contributed by atoms with Crippen LogP contribution in [0.15, 0.2) is 50.5 Å². The monoisotopic (exact) mass is 491 g/mol. The molecule has 4 rings (SSSR count). The lowest BCUT2D eigenvalue weighted by Crippen LogP contribution is -2.34. The summed E-state index contributed by atoms with van der Waals surface area (Å²) >= 11 is 6.07. The molecule has 0 unspecified atom stereocenters. The summed E-state index contributed by atoms with van der Waals surface area (Å²) in [6.07, 6.45) is 2.91. The number of H-pyrrole nitrogens is 1. The van der Waals surface area contributed by atoms with Crippen LogP contribution in [0.5, 0.6) is 0 Å². The maximum atomic E-state index is 13.5. The second-order valence-electron chi connectivity index (χ2n) is 8.88. The van der Waals surface area contributed by atoms with E-state index in [1.54, 1.807) is 0 Å². The van der Waals surface area contributed by atoms with Crippen molar-refractivity contribution in [3.63, 3.8) is 0 Å². The van der Waals surface area contributed by atoms with Crippen LogP contribution < -0.4 is 10.5 Å². The van der Waals surface area contributed by atoms with Crippen LogP contribution in [0.3, 0.4) is 0 Å². The zero-order chi connectivity index (χ0) is 24.0. The fourth-order valence-corrected chi connectivity index (χ4v) is 6.23. The summed E-state index contributed by atoms with van der Waals surface area (Å²) < 4.78 is 34.9. The van der Waals surface area contributed by atoms with Gasteiger partial charge in [-0.05, 0) is 68.0 Å². The van der Waals surface area contributed by atoms with Gasteiger partial charge in [0.25, 0.3) is 0 Å². The van der Waals surface area contributed by atoms with E-state index in [1.807, 2.05) is 19.1 Å². The number of aliphatic hydroxyl groups is 1. The van der Waals surface area contributed by atoms with Gasteiger partial charge in [-0.15, -0.1) is 5.10 Å². The smallest absolute Gasteiger partial charge is 0.391 e. The number of fused-ring (bicyclic) bond motifs is 1. The molecule has 1 aliphatic rings. The predicted molar refractivity (Wildman–Crippen MR) is 124 cm³/mol. The lowest BCUT2D eigenvalue weighted by molar-refractivity contribution is 0.0755. The Morgan fingerprint density at radius 2 is 2.00 bits per heavy atom. The molecule has 176 valence electrons. The van der Waals surface area contributed by atoms with E-state index in [0.717, 1.165) is 24.8 Å². The second kappa shape index (κ2) is 8.72. The van der Waals surface area contributed by atoms with Crippen molar-refractivity contribution >= 4 is 21.6 Å². The van der Waals surface area contributed by atoms with Crippen molar-refractivity contribution in [3.8, 4) is 0 Å². The van der Waals surface area contributed by atoms with E-state index in [2.05, 4.69) is 21.0 Å². The van der Waals surface area contributed by atoms with Crippen molar-refractivity contribution in [1.82, 2.24) is 14.9 Å². The molecule has 0 bridgehead atoms. The molecule has 10 heteroatoms. The third kappa shape index (κ3) is 4.77. The Morgan fingerprint density at radius 1 is 1.24 bits per heavy atom. The summed E-state index contributed by atoms with van der Waals surface area (Å²) in [5, 5.41) is 17.0. The Balaban J connectivity index is 1.79. The maximum Gasteiger partial charge on any atom is 0.434 e. The van der Waals surface area contributed by atoms with E-state index in [4.69, 9.17) is 16.0 Å². The number of nitrogens with one attached hydrogen (secondary N) is 2. The molecule has 3 N–H and O–H groups in total. The standard InChI is InChI=1S/C23H26ClN3O5S/c1-13(16-8-4-6-14-7-5-9-17(14)16)20(21-25-26-22(28)32-21)27-33(30,31)19-11-10-15(24)12-18(19)23(2,3)29/h4,6,8,10-13,20,27,29H,5,7,9H2,1-3H3,(H,26,28)/t13-,20+/m1/s1. The van der Waals surface area contributed by atoms with Crippen LogP contribution in [0.2, 0.25) is 5.02 Å². The number of benzene rings is 2. The van der Waals surface area contributed by atoms with Crippen LogP contribution in [0.4, 0.5) is 0 Å². The quantitative estimate of drug-likeness (QED) is 0.464. The van der Waals surface area contributed by atoms with E-state index >= 15 is 0 Å². The van der Waals surface area contributed by atoms with Gasteiger partial charge in [0, 0.05) is 16.5 Å². The third-order valence-electron chi connectivity index (χ3n) is 6.07. The molecule has 1 heterocycles. The number of hydrogen-bond donors (Lipinski definition) is 3. The SMILES string of the molecule is C[C@H](c1cccc2c1CCC2)[C@H](NS(=O)(=O)c1ccc(Cl)cc1C(C)(C)O)c1n[nH]c(=O)o1. The van der Waals surface area contributed by atoms with E-state index in [0.29, 0.717) is 5.02 Å². The number of sulfonamides is 1. The van der Waals surface area contributed by atoms with Crippen molar-refractivity contribution in [2.45, 2.75) is 62.5 Å². The van der Waals surface area contributed by atoms with E-state index < -0.39 is 33.3 Å². The van der Waals surface area contributed by atoms with E-state index in [-0.39, 0.29) is 16.3 Å². The van der Waals surface area contributed by atoms with Crippen LogP contribution in [0, 0.1) is 0 Å². The number of rotatable bonds is 7. The zero-order valence-corrected chi connectivity index (χ0v) is 20.1. The van der Waals surface area contributed by atoms with Crippen LogP contribution in [0.25, 0.3) is 0 Å². The molecule has 0 fully saturated rings. The van der Waals surface area contributed by atoms with Gasteiger partial charge >= 0.3 is 5.76 Å². The molecular formula is C23H26ClN3O5S. The average molecular weight is 492 g/mol. The highest BCUT2D eigenvalue weighted by atomic mass is 35.5. The summed E-state index contributed by atoms with van der Waals surface area (Å²) in [5.41, 5.74) is 2.09. The molecular weight excluding hydrogens is 466 g/mol. The molecule has 0 amide bonds. The Hall–Kier alpha value is -2.46. The lowest BCUT2D eigenvalue weighted by Gasteiger charge is -2.26.